The number of carbonyl (C=O) groups is 1. The summed E-state index contributed by atoms with van der Waals surface area (Å²) in [6, 6.07) is 10.1. The number of phenols is 1. The second-order valence-corrected chi connectivity index (χ2v) is 10.1. The van der Waals surface area contributed by atoms with Gasteiger partial charge in [0, 0.05) is 12.1 Å². The highest BCUT2D eigenvalue weighted by atomic mass is 32.2. The Morgan fingerprint density at radius 3 is 1.90 bits per heavy atom. The lowest BCUT2D eigenvalue weighted by atomic mass is 9.78. The third-order valence-electron chi connectivity index (χ3n) is 4.74. The molecule has 0 saturated heterocycles. The maximum absolute atomic E-state index is 12.4. The molecule has 2 aromatic rings. The third kappa shape index (κ3) is 6.49. The number of benzene rings is 2. The zero-order valence-corrected chi connectivity index (χ0v) is 19.3. The molecule has 0 aliphatic heterocycles. The van der Waals surface area contributed by atoms with Crippen LogP contribution in [0.2, 0.25) is 0 Å². The fraction of sp³-hybridized carbons (Fsp3) is 0.435. The van der Waals surface area contributed by atoms with Gasteiger partial charge in [0.05, 0.1) is 0 Å². The average molecular weight is 434 g/mol. The van der Waals surface area contributed by atoms with Crippen LogP contribution in [0.25, 0.3) is 0 Å². The van der Waals surface area contributed by atoms with Crippen molar-refractivity contribution in [1.29, 1.82) is 0 Å². The Morgan fingerprint density at radius 1 is 0.967 bits per heavy atom. The van der Waals surface area contributed by atoms with Crippen molar-refractivity contribution in [3.63, 3.8) is 0 Å². The molecule has 0 aromatic heterocycles. The van der Waals surface area contributed by atoms with E-state index in [0.717, 1.165) is 16.7 Å². The first-order valence-corrected chi connectivity index (χ1v) is 11.0. The summed E-state index contributed by atoms with van der Waals surface area (Å²) in [7, 11) is -2.96. The molecule has 0 aliphatic rings. The molecule has 2 aromatic carbocycles. The van der Waals surface area contributed by atoms with E-state index in [1.54, 1.807) is 12.1 Å². The van der Waals surface area contributed by atoms with Gasteiger partial charge in [0.2, 0.25) is 5.91 Å². The Hall–Kier alpha value is -2.54. The van der Waals surface area contributed by atoms with Crippen molar-refractivity contribution in [2.24, 2.45) is 0 Å². The monoisotopic (exact) mass is 433 g/mol. The first kappa shape index (κ1) is 23.7. The number of hydrogen-bond acceptors (Lipinski definition) is 5. The largest absolute Gasteiger partial charge is 0.507 e. The van der Waals surface area contributed by atoms with E-state index in [9.17, 15) is 18.3 Å². The van der Waals surface area contributed by atoms with Crippen molar-refractivity contribution in [3.8, 4) is 11.5 Å². The van der Waals surface area contributed by atoms with Crippen LogP contribution in [0.3, 0.4) is 0 Å². The van der Waals surface area contributed by atoms with Gasteiger partial charge in [-0.3, -0.25) is 4.79 Å². The number of anilines is 1. The number of hydrogen-bond donors (Lipinski definition) is 3. The summed E-state index contributed by atoms with van der Waals surface area (Å²) >= 11 is 0. The topological polar surface area (TPSA) is 92.7 Å². The molecular weight excluding hydrogens is 402 g/mol. The average Bonchev–Trinajstić information content (AvgIpc) is 2.60. The zero-order chi connectivity index (χ0) is 22.7. The standard InChI is InChI=1S/C23H31NO5S/c1-22(2,3)18-13-15(14-19(21(18)26)23(4,5)6)7-12-20(25)24-16-8-10-17(11-9-16)29-30(27)28/h8-11,13-14,26,30H,7,12H2,1-6H3,(H,24,25). The van der Waals surface area contributed by atoms with Gasteiger partial charge in [0.25, 0.3) is 11.0 Å². The van der Waals surface area contributed by atoms with E-state index in [4.69, 9.17) is 0 Å². The molecule has 30 heavy (non-hydrogen) atoms. The molecule has 6 nitrogen and oxygen atoms in total. The van der Waals surface area contributed by atoms with Gasteiger partial charge >= 0.3 is 0 Å². The Labute approximate surface area is 180 Å². The molecule has 2 N–H and O–H groups in total. The number of carbonyl (C=O) groups excluding carboxylic acids is 1. The summed E-state index contributed by atoms with van der Waals surface area (Å²) in [5.41, 5.74) is 2.86. The smallest absolute Gasteiger partial charge is 0.299 e. The molecule has 164 valence electrons. The minimum atomic E-state index is -2.96. The van der Waals surface area contributed by atoms with Crippen LogP contribution >= 0.6 is 0 Å². The highest BCUT2D eigenvalue weighted by Gasteiger charge is 2.26. The molecule has 0 fully saturated rings. The van der Waals surface area contributed by atoms with Gasteiger partial charge in [0.1, 0.15) is 11.5 Å². The van der Waals surface area contributed by atoms with Crippen molar-refractivity contribution in [2.45, 2.75) is 65.2 Å². The molecule has 0 radical (unpaired) electrons. The Bertz CT molecular complexity index is 937. The van der Waals surface area contributed by atoms with Crippen LogP contribution in [0, 0.1) is 0 Å². The molecule has 2 rings (SSSR count). The van der Waals surface area contributed by atoms with E-state index in [2.05, 4.69) is 51.0 Å². The lowest BCUT2D eigenvalue weighted by molar-refractivity contribution is -0.116. The van der Waals surface area contributed by atoms with Crippen molar-refractivity contribution >= 4 is 22.6 Å². The molecule has 0 aliphatic carbocycles. The fourth-order valence-corrected chi connectivity index (χ4v) is 3.44. The summed E-state index contributed by atoms with van der Waals surface area (Å²) < 4.78 is 25.7. The first-order chi connectivity index (χ1) is 13.8. The predicted molar refractivity (Wildman–Crippen MR) is 120 cm³/mol. The quantitative estimate of drug-likeness (QED) is 0.585. The molecule has 0 spiro atoms. The molecule has 1 amide bonds. The summed E-state index contributed by atoms with van der Waals surface area (Å²) in [5, 5.41) is 13.6. The van der Waals surface area contributed by atoms with E-state index in [0.29, 0.717) is 17.9 Å². The highest BCUT2D eigenvalue weighted by Crippen LogP contribution is 2.40. The van der Waals surface area contributed by atoms with Gasteiger partial charge in [-0.25, -0.2) is 0 Å². The van der Waals surface area contributed by atoms with Crippen LogP contribution in [0.15, 0.2) is 36.4 Å². The number of thiol groups is 1. The summed E-state index contributed by atoms with van der Waals surface area (Å²) in [6.07, 6.45) is 0.818. The molecule has 7 heteroatoms. The molecular formula is C23H31NO5S. The van der Waals surface area contributed by atoms with Gasteiger partial charge in [0.15, 0.2) is 0 Å². The predicted octanol–water partition coefficient (Wildman–Crippen LogP) is 4.46. The third-order valence-corrected chi connectivity index (χ3v) is 5.10. The van der Waals surface area contributed by atoms with E-state index in [1.807, 2.05) is 12.1 Å². The second kappa shape index (κ2) is 9.08. The van der Waals surface area contributed by atoms with Crippen LogP contribution < -0.4 is 9.50 Å². The van der Waals surface area contributed by atoms with Crippen LogP contribution in [-0.2, 0) is 33.0 Å². The number of aromatic hydroxyl groups is 1. The maximum atomic E-state index is 12.4. The summed E-state index contributed by atoms with van der Waals surface area (Å²) in [4.78, 5) is 12.4. The van der Waals surface area contributed by atoms with Crippen LogP contribution in [0.5, 0.6) is 11.5 Å². The first-order valence-electron chi connectivity index (χ1n) is 9.86. The minimum Gasteiger partial charge on any atom is -0.507 e. The van der Waals surface area contributed by atoms with Gasteiger partial charge in [-0.1, -0.05) is 53.7 Å². The van der Waals surface area contributed by atoms with E-state index < -0.39 is 11.0 Å². The van der Waals surface area contributed by atoms with E-state index >= 15 is 0 Å². The Kier molecular flexibility index (Phi) is 7.18. The Morgan fingerprint density at radius 2 is 1.47 bits per heavy atom. The molecule has 0 heterocycles. The Balaban J connectivity index is 2.13. The number of rotatable bonds is 6. The summed E-state index contributed by atoms with van der Waals surface area (Å²) in [5.74, 6) is 0.365. The maximum Gasteiger partial charge on any atom is 0.299 e. The van der Waals surface area contributed by atoms with Gasteiger partial charge in [-0.05, 0) is 58.2 Å². The van der Waals surface area contributed by atoms with Crippen LogP contribution in [0.4, 0.5) is 5.69 Å². The SMILES string of the molecule is CC(C)(C)c1cc(CCC(=O)Nc2ccc(O[SH](=O)=O)cc2)cc(C(C)(C)C)c1O. The molecule has 0 atom stereocenters. The lowest BCUT2D eigenvalue weighted by Crippen LogP contribution is -2.18. The van der Waals surface area contributed by atoms with E-state index in [-0.39, 0.29) is 28.9 Å². The normalized spacial score (nSPS) is 12.1. The number of amides is 1. The van der Waals surface area contributed by atoms with Crippen LogP contribution in [-0.4, -0.2) is 19.4 Å². The number of nitrogens with one attached hydrogen (secondary N) is 1. The fourth-order valence-electron chi connectivity index (χ4n) is 3.15. The van der Waals surface area contributed by atoms with Crippen molar-refractivity contribution in [3.05, 3.63) is 53.1 Å². The summed E-state index contributed by atoms with van der Waals surface area (Å²) in [6.45, 7) is 12.3. The number of phenolic OH excluding ortho intramolecular Hbond substituents is 1. The van der Waals surface area contributed by atoms with Gasteiger partial charge in [-0.2, -0.15) is 8.42 Å². The van der Waals surface area contributed by atoms with Gasteiger partial charge < -0.3 is 14.6 Å². The molecule has 0 bridgehead atoms. The lowest BCUT2D eigenvalue weighted by Gasteiger charge is -2.28. The van der Waals surface area contributed by atoms with E-state index in [1.165, 1.54) is 12.1 Å². The van der Waals surface area contributed by atoms with Crippen LogP contribution in [0.1, 0.15) is 64.7 Å². The van der Waals surface area contributed by atoms with Crippen molar-refractivity contribution in [2.75, 3.05) is 5.32 Å². The zero-order valence-electron chi connectivity index (χ0n) is 18.4. The minimum absolute atomic E-state index is 0.152. The highest BCUT2D eigenvalue weighted by molar-refractivity contribution is 7.67. The molecule has 0 unspecified atom stereocenters. The second-order valence-electron chi connectivity index (χ2n) is 9.43. The van der Waals surface area contributed by atoms with Crippen molar-refractivity contribution in [1.82, 2.24) is 0 Å². The van der Waals surface area contributed by atoms with Crippen molar-refractivity contribution < 1.29 is 22.5 Å². The number of aryl methyl sites for hydroxylation is 1. The molecule has 0 saturated carbocycles. The van der Waals surface area contributed by atoms with Gasteiger partial charge in [-0.15, -0.1) is 0 Å².